The Balaban J connectivity index is 1.51. The van der Waals surface area contributed by atoms with Crippen molar-refractivity contribution in [3.8, 4) is 0 Å². The number of nitrogens with one attached hydrogen (secondary N) is 1. The molecule has 1 N–H and O–H groups in total. The van der Waals surface area contributed by atoms with Crippen LogP contribution in [0.5, 0.6) is 0 Å². The second-order valence-electron chi connectivity index (χ2n) is 7.90. The first-order valence-corrected chi connectivity index (χ1v) is 9.90. The van der Waals surface area contributed by atoms with Gasteiger partial charge in [0.1, 0.15) is 5.82 Å². The Kier molecular flexibility index (Phi) is 4.81. The second kappa shape index (κ2) is 6.99. The first-order valence-electron chi connectivity index (χ1n) is 9.14. The van der Waals surface area contributed by atoms with Crippen LogP contribution in [0, 0.1) is 11.2 Å². The molecule has 0 saturated heterocycles. The average molecular weight is 407 g/mol. The van der Waals surface area contributed by atoms with Crippen LogP contribution in [0.15, 0.2) is 30.3 Å². The number of amides is 1. The number of hydrogen-bond donors (Lipinski definition) is 1. The summed E-state index contributed by atoms with van der Waals surface area (Å²) < 4.78 is 13.4. The zero-order valence-electron chi connectivity index (χ0n) is 15.1. The molecule has 1 aliphatic heterocycles. The van der Waals surface area contributed by atoms with Crippen LogP contribution < -0.4 is 10.2 Å². The van der Waals surface area contributed by atoms with Crippen LogP contribution in [0.2, 0.25) is 10.0 Å². The van der Waals surface area contributed by atoms with Crippen molar-refractivity contribution in [1.29, 1.82) is 0 Å². The zero-order valence-corrected chi connectivity index (χ0v) is 16.6. The van der Waals surface area contributed by atoms with Gasteiger partial charge in [-0.15, -0.1) is 0 Å². The molecule has 2 aromatic carbocycles. The molecule has 0 bridgehead atoms. The number of carbonyl (C=O) groups is 1. The topological polar surface area (TPSA) is 32.3 Å². The fourth-order valence-corrected chi connectivity index (χ4v) is 4.14. The van der Waals surface area contributed by atoms with Gasteiger partial charge in [0.25, 0.3) is 0 Å². The van der Waals surface area contributed by atoms with Gasteiger partial charge in [-0.05, 0) is 60.1 Å². The van der Waals surface area contributed by atoms with Gasteiger partial charge in [-0.25, -0.2) is 4.39 Å². The SMILES string of the molecule is CC1(CC(=O)Nc2c(Cl)cc(N3CCc4cc(F)ccc4C3)cc2Cl)CC1. The van der Waals surface area contributed by atoms with E-state index in [1.54, 1.807) is 6.07 Å². The molecule has 0 radical (unpaired) electrons. The molecule has 1 amide bonds. The van der Waals surface area contributed by atoms with Gasteiger partial charge in [-0.1, -0.05) is 36.2 Å². The third kappa shape index (κ3) is 4.07. The number of hydrogen-bond acceptors (Lipinski definition) is 2. The van der Waals surface area contributed by atoms with E-state index in [0.29, 0.717) is 28.7 Å². The number of fused-ring (bicyclic) bond motifs is 1. The van der Waals surface area contributed by atoms with Crippen LogP contribution >= 0.6 is 23.2 Å². The number of halogens is 3. The number of benzene rings is 2. The highest BCUT2D eigenvalue weighted by Crippen LogP contribution is 2.48. The van der Waals surface area contributed by atoms with Crippen LogP contribution in [0.25, 0.3) is 0 Å². The van der Waals surface area contributed by atoms with Crippen molar-refractivity contribution in [3.63, 3.8) is 0 Å². The maximum Gasteiger partial charge on any atom is 0.224 e. The maximum absolute atomic E-state index is 13.4. The molecule has 3 nitrogen and oxygen atoms in total. The average Bonchev–Trinajstić information content (AvgIpc) is 3.34. The highest BCUT2D eigenvalue weighted by molar-refractivity contribution is 6.40. The van der Waals surface area contributed by atoms with E-state index in [1.165, 1.54) is 6.07 Å². The molecule has 2 aliphatic rings. The van der Waals surface area contributed by atoms with Crippen molar-refractivity contribution in [2.45, 2.75) is 39.2 Å². The Morgan fingerprint density at radius 3 is 2.56 bits per heavy atom. The molecule has 142 valence electrons. The predicted molar refractivity (Wildman–Crippen MR) is 108 cm³/mol. The van der Waals surface area contributed by atoms with Crippen molar-refractivity contribution in [1.82, 2.24) is 0 Å². The third-order valence-electron chi connectivity index (χ3n) is 5.53. The highest BCUT2D eigenvalue weighted by atomic mass is 35.5. The summed E-state index contributed by atoms with van der Waals surface area (Å²) in [6.07, 6.45) is 3.42. The van der Waals surface area contributed by atoms with Crippen molar-refractivity contribution >= 4 is 40.5 Å². The van der Waals surface area contributed by atoms with Gasteiger partial charge >= 0.3 is 0 Å². The van der Waals surface area contributed by atoms with Gasteiger partial charge in [0.2, 0.25) is 5.91 Å². The quantitative estimate of drug-likeness (QED) is 0.692. The van der Waals surface area contributed by atoms with Crippen molar-refractivity contribution in [2.75, 3.05) is 16.8 Å². The van der Waals surface area contributed by atoms with Gasteiger partial charge in [0.05, 0.1) is 15.7 Å². The Bertz CT molecular complexity index is 888. The molecule has 6 heteroatoms. The van der Waals surface area contributed by atoms with Crippen LogP contribution in [-0.4, -0.2) is 12.5 Å². The van der Waals surface area contributed by atoms with E-state index in [2.05, 4.69) is 17.1 Å². The Morgan fingerprint density at radius 1 is 1.19 bits per heavy atom. The fraction of sp³-hybridized carbons (Fsp3) is 0.381. The van der Waals surface area contributed by atoms with Crippen LogP contribution in [0.1, 0.15) is 37.3 Å². The molecule has 1 saturated carbocycles. The molecule has 0 atom stereocenters. The van der Waals surface area contributed by atoms with Gasteiger partial charge in [0, 0.05) is 25.2 Å². The predicted octanol–water partition coefficient (Wildman–Crippen LogP) is 5.82. The molecule has 27 heavy (non-hydrogen) atoms. The summed E-state index contributed by atoms with van der Waals surface area (Å²) in [5.74, 6) is -0.256. The molecule has 0 unspecified atom stereocenters. The summed E-state index contributed by atoms with van der Waals surface area (Å²) in [6.45, 7) is 3.54. The van der Waals surface area contributed by atoms with Crippen molar-refractivity contribution in [3.05, 3.63) is 57.3 Å². The van der Waals surface area contributed by atoms with Crippen LogP contribution in [0.4, 0.5) is 15.8 Å². The molecular weight excluding hydrogens is 386 g/mol. The largest absolute Gasteiger partial charge is 0.367 e. The number of nitrogens with zero attached hydrogens (tertiary/aromatic N) is 1. The number of carbonyl (C=O) groups excluding carboxylic acids is 1. The molecule has 1 heterocycles. The summed E-state index contributed by atoms with van der Waals surface area (Å²) in [5.41, 5.74) is 3.64. The minimum Gasteiger partial charge on any atom is -0.367 e. The monoisotopic (exact) mass is 406 g/mol. The molecular formula is C21H21Cl2FN2O. The Labute approximate surface area is 168 Å². The summed E-state index contributed by atoms with van der Waals surface area (Å²) in [5, 5.41) is 3.72. The van der Waals surface area contributed by atoms with Gasteiger partial charge in [-0.3, -0.25) is 4.79 Å². The van der Waals surface area contributed by atoms with E-state index in [0.717, 1.165) is 42.6 Å². The minimum absolute atomic E-state index is 0.0551. The lowest BCUT2D eigenvalue weighted by molar-refractivity contribution is -0.117. The smallest absolute Gasteiger partial charge is 0.224 e. The highest BCUT2D eigenvalue weighted by Gasteiger charge is 2.39. The summed E-state index contributed by atoms with van der Waals surface area (Å²) in [4.78, 5) is 14.4. The zero-order chi connectivity index (χ0) is 19.2. The summed E-state index contributed by atoms with van der Waals surface area (Å²) >= 11 is 12.9. The van der Waals surface area contributed by atoms with E-state index in [9.17, 15) is 9.18 Å². The fourth-order valence-electron chi connectivity index (χ4n) is 3.57. The maximum atomic E-state index is 13.4. The first kappa shape index (κ1) is 18.6. The third-order valence-corrected chi connectivity index (χ3v) is 6.12. The van der Waals surface area contributed by atoms with Crippen molar-refractivity contribution < 1.29 is 9.18 Å². The summed E-state index contributed by atoms with van der Waals surface area (Å²) in [6, 6.07) is 8.58. The van der Waals surface area contributed by atoms with Crippen LogP contribution in [-0.2, 0) is 17.8 Å². The lowest BCUT2D eigenvalue weighted by Crippen LogP contribution is -2.30. The van der Waals surface area contributed by atoms with Gasteiger partial charge < -0.3 is 10.2 Å². The molecule has 0 spiro atoms. The first-order chi connectivity index (χ1) is 12.8. The lowest BCUT2D eigenvalue weighted by Gasteiger charge is -2.31. The standard InChI is InChI=1S/C21H21Cl2FN2O/c1-21(5-6-21)11-19(27)25-20-17(22)9-16(10-18(20)23)26-7-4-13-8-15(24)3-2-14(13)12-26/h2-3,8-10H,4-7,11-12H2,1H3,(H,25,27). The van der Waals surface area contributed by atoms with Crippen LogP contribution in [0.3, 0.4) is 0 Å². The van der Waals surface area contributed by atoms with E-state index in [1.807, 2.05) is 18.2 Å². The number of rotatable bonds is 4. The van der Waals surface area contributed by atoms with E-state index < -0.39 is 0 Å². The normalized spacial score (nSPS) is 17.4. The number of anilines is 2. The van der Waals surface area contributed by atoms with Gasteiger partial charge in [-0.2, -0.15) is 0 Å². The molecule has 1 aliphatic carbocycles. The van der Waals surface area contributed by atoms with E-state index in [4.69, 9.17) is 23.2 Å². The molecule has 1 fully saturated rings. The minimum atomic E-state index is -0.201. The lowest BCUT2D eigenvalue weighted by atomic mass is 9.99. The Hall–Kier alpha value is -1.78. The summed E-state index contributed by atoms with van der Waals surface area (Å²) in [7, 11) is 0. The van der Waals surface area contributed by atoms with Crippen molar-refractivity contribution in [2.24, 2.45) is 5.41 Å². The van der Waals surface area contributed by atoms with Gasteiger partial charge in [0.15, 0.2) is 0 Å². The molecule has 2 aromatic rings. The molecule has 4 rings (SSSR count). The van der Waals surface area contributed by atoms with E-state index >= 15 is 0 Å². The Morgan fingerprint density at radius 2 is 1.89 bits per heavy atom. The molecule has 0 aromatic heterocycles. The van der Waals surface area contributed by atoms with E-state index in [-0.39, 0.29) is 17.1 Å². The second-order valence-corrected chi connectivity index (χ2v) is 8.72.